The van der Waals surface area contributed by atoms with Gasteiger partial charge in [0.1, 0.15) is 0 Å². The van der Waals surface area contributed by atoms with Gasteiger partial charge in [0.25, 0.3) is 0 Å². The van der Waals surface area contributed by atoms with Gasteiger partial charge in [-0.3, -0.25) is 0 Å². The molecule has 1 fully saturated rings. The molecule has 1 aliphatic rings. The number of rotatable bonds is 10. The molecule has 0 saturated heterocycles. The molecule has 0 amide bonds. The number of methoxy groups -OCH3 is 2. The van der Waals surface area contributed by atoms with E-state index >= 15 is 0 Å². The van der Waals surface area contributed by atoms with Gasteiger partial charge in [-0.25, -0.2) is 0 Å². The van der Waals surface area contributed by atoms with Gasteiger partial charge in [0.2, 0.25) is 0 Å². The predicted molar refractivity (Wildman–Crippen MR) is 84.4 cm³/mol. The first kappa shape index (κ1) is 16.4. The van der Waals surface area contributed by atoms with Gasteiger partial charge >= 0.3 is 0 Å². The molecule has 2 rings (SSSR count). The van der Waals surface area contributed by atoms with E-state index in [9.17, 15) is 0 Å². The van der Waals surface area contributed by atoms with Gasteiger partial charge in [-0.05, 0) is 30.0 Å². The third-order valence-corrected chi connectivity index (χ3v) is 3.85. The lowest BCUT2D eigenvalue weighted by molar-refractivity contribution is 0.199. The molecule has 5 heteroatoms. The number of halogens is 1. The van der Waals surface area contributed by atoms with Gasteiger partial charge in [-0.15, -0.1) is 0 Å². The maximum absolute atomic E-state index is 6.33. The molecule has 1 aromatic carbocycles. The molecule has 1 aromatic rings. The SMILES string of the molecule is COCCNCc1cc(Cl)c(OCCC2CC2)c(OC)c1. The standard InChI is InChI=1S/C16H24ClNO3/c1-19-8-6-18-11-13-9-14(17)16(15(10-13)20-2)21-7-5-12-3-4-12/h9-10,12,18H,3-8,11H2,1-2H3. The second kappa shape index (κ2) is 8.47. The fourth-order valence-electron chi connectivity index (χ4n) is 2.16. The number of hydrogen-bond acceptors (Lipinski definition) is 4. The largest absolute Gasteiger partial charge is 0.493 e. The van der Waals surface area contributed by atoms with E-state index in [0.717, 1.165) is 31.0 Å². The second-order valence-corrected chi connectivity index (χ2v) is 5.77. The third kappa shape index (κ3) is 5.38. The maximum atomic E-state index is 6.33. The third-order valence-electron chi connectivity index (χ3n) is 3.57. The first-order chi connectivity index (χ1) is 10.2. The minimum atomic E-state index is 0.605. The van der Waals surface area contributed by atoms with Crippen LogP contribution in [0.5, 0.6) is 11.5 Å². The molecule has 0 aromatic heterocycles. The smallest absolute Gasteiger partial charge is 0.179 e. The summed E-state index contributed by atoms with van der Waals surface area (Å²) in [6, 6.07) is 3.90. The van der Waals surface area contributed by atoms with Crippen LogP contribution in [0, 0.1) is 5.92 Å². The molecule has 1 saturated carbocycles. The fraction of sp³-hybridized carbons (Fsp3) is 0.625. The molecule has 21 heavy (non-hydrogen) atoms. The Hall–Kier alpha value is -0.970. The van der Waals surface area contributed by atoms with Crippen molar-refractivity contribution in [2.75, 3.05) is 34.0 Å². The lowest BCUT2D eigenvalue weighted by Gasteiger charge is -2.14. The van der Waals surface area contributed by atoms with Gasteiger partial charge in [0.05, 0.1) is 25.3 Å². The van der Waals surface area contributed by atoms with Crippen LogP contribution in [0.3, 0.4) is 0 Å². The summed E-state index contributed by atoms with van der Waals surface area (Å²) in [6.45, 7) is 2.91. The van der Waals surface area contributed by atoms with Crippen molar-refractivity contribution < 1.29 is 14.2 Å². The van der Waals surface area contributed by atoms with E-state index in [-0.39, 0.29) is 0 Å². The molecule has 0 aliphatic heterocycles. The molecule has 4 nitrogen and oxygen atoms in total. The Balaban J connectivity index is 1.92. The van der Waals surface area contributed by atoms with Crippen LogP contribution in [0.1, 0.15) is 24.8 Å². The summed E-state index contributed by atoms with van der Waals surface area (Å²) in [4.78, 5) is 0. The van der Waals surface area contributed by atoms with Crippen molar-refractivity contribution in [2.45, 2.75) is 25.8 Å². The van der Waals surface area contributed by atoms with E-state index in [1.807, 2.05) is 12.1 Å². The van der Waals surface area contributed by atoms with Crippen LogP contribution in [0.25, 0.3) is 0 Å². The average Bonchev–Trinajstić information content (AvgIpc) is 3.29. The Morgan fingerprint density at radius 3 is 2.71 bits per heavy atom. The van der Waals surface area contributed by atoms with E-state index in [2.05, 4.69) is 5.32 Å². The van der Waals surface area contributed by atoms with Crippen LogP contribution in [0.2, 0.25) is 5.02 Å². The van der Waals surface area contributed by atoms with E-state index in [1.54, 1.807) is 14.2 Å². The molecule has 0 radical (unpaired) electrons. The van der Waals surface area contributed by atoms with Crippen LogP contribution in [-0.2, 0) is 11.3 Å². The molecule has 0 heterocycles. The van der Waals surface area contributed by atoms with Crippen molar-refractivity contribution in [2.24, 2.45) is 5.92 Å². The lowest BCUT2D eigenvalue weighted by atomic mass is 10.2. The summed E-state index contributed by atoms with van der Waals surface area (Å²) >= 11 is 6.33. The predicted octanol–water partition coefficient (Wildman–Crippen LogP) is 3.26. The van der Waals surface area contributed by atoms with Crippen molar-refractivity contribution in [1.29, 1.82) is 0 Å². The molecule has 0 bridgehead atoms. The van der Waals surface area contributed by atoms with E-state index in [1.165, 1.54) is 12.8 Å². The summed E-state index contributed by atoms with van der Waals surface area (Å²) in [6.07, 6.45) is 3.76. The quantitative estimate of drug-likeness (QED) is 0.673. The normalized spacial score (nSPS) is 14.2. The van der Waals surface area contributed by atoms with Crippen LogP contribution < -0.4 is 14.8 Å². The van der Waals surface area contributed by atoms with Crippen molar-refractivity contribution in [3.63, 3.8) is 0 Å². The average molecular weight is 314 g/mol. The molecule has 0 unspecified atom stereocenters. The molecule has 1 N–H and O–H groups in total. The lowest BCUT2D eigenvalue weighted by Crippen LogP contribution is -2.18. The maximum Gasteiger partial charge on any atom is 0.179 e. The molecule has 1 aliphatic carbocycles. The van der Waals surface area contributed by atoms with Gasteiger partial charge in [0.15, 0.2) is 11.5 Å². The highest BCUT2D eigenvalue weighted by Crippen LogP contribution is 2.38. The molecular weight excluding hydrogens is 290 g/mol. The Bertz CT molecular complexity index is 449. The zero-order valence-electron chi connectivity index (χ0n) is 12.8. The number of nitrogens with one attached hydrogen (secondary N) is 1. The first-order valence-electron chi connectivity index (χ1n) is 7.43. The van der Waals surface area contributed by atoms with Gasteiger partial charge in [-0.2, -0.15) is 0 Å². The minimum absolute atomic E-state index is 0.605. The minimum Gasteiger partial charge on any atom is -0.493 e. The van der Waals surface area contributed by atoms with Gasteiger partial charge < -0.3 is 19.5 Å². The number of hydrogen-bond donors (Lipinski definition) is 1. The summed E-state index contributed by atoms with van der Waals surface area (Å²) in [7, 11) is 3.33. The van der Waals surface area contributed by atoms with Crippen LogP contribution >= 0.6 is 11.6 Å². The van der Waals surface area contributed by atoms with Crippen molar-refractivity contribution in [1.82, 2.24) is 5.32 Å². The first-order valence-corrected chi connectivity index (χ1v) is 7.81. The highest BCUT2D eigenvalue weighted by molar-refractivity contribution is 6.32. The zero-order valence-corrected chi connectivity index (χ0v) is 13.5. The molecule has 118 valence electrons. The molecule has 0 atom stereocenters. The van der Waals surface area contributed by atoms with Crippen LogP contribution in [-0.4, -0.2) is 34.0 Å². The topological polar surface area (TPSA) is 39.7 Å². The molecular formula is C16H24ClNO3. The van der Waals surface area contributed by atoms with E-state index < -0.39 is 0 Å². The zero-order chi connectivity index (χ0) is 15.1. The Morgan fingerprint density at radius 2 is 2.05 bits per heavy atom. The fourth-order valence-corrected chi connectivity index (χ4v) is 2.44. The van der Waals surface area contributed by atoms with Gasteiger partial charge in [-0.1, -0.05) is 24.4 Å². The highest BCUT2D eigenvalue weighted by atomic mass is 35.5. The Morgan fingerprint density at radius 1 is 1.24 bits per heavy atom. The Labute approximate surface area is 131 Å². The van der Waals surface area contributed by atoms with Crippen molar-refractivity contribution >= 4 is 11.6 Å². The second-order valence-electron chi connectivity index (χ2n) is 5.36. The van der Waals surface area contributed by atoms with Crippen molar-refractivity contribution in [3.8, 4) is 11.5 Å². The monoisotopic (exact) mass is 313 g/mol. The van der Waals surface area contributed by atoms with Crippen LogP contribution in [0.4, 0.5) is 0 Å². The summed E-state index contributed by atoms with van der Waals surface area (Å²) in [5.41, 5.74) is 1.07. The summed E-state index contributed by atoms with van der Waals surface area (Å²) in [5.74, 6) is 2.20. The Kier molecular flexibility index (Phi) is 6.61. The number of ether oxygens (including phenoxy) is 3. The van der Waals surface area contributed by atoms with E-state index in [0.29, 0.717) is 29.7 Å². The summed E-state index contributed by atoms with van der Waals surface area (Å²) < 4.78 is 16.2. The number of benzene rings is 1. The van der Waals surface area contributed by atoms with Crippen LogP contribution in [0.15, 0.2) is 12.1 Å². The van der Waals surface area contributed by atoms with E-state index in [4.69, 9.17) is 25.8 Å². The molecule has 0 spiro atoms. The van der Waals surface area contributed by atoms with Gasteiger partial charge in [0, 0.05) is 20.2 Å². The summed E-state index contributed by atoms with van der Waals surface area (Å²) in [5, 5.41) is 3.89. The highest BCUT2D eigenvalue weighted by Gasteiger charge is 2.21. The van der Waals surface area contributed by atoms with Crippen molar-refractivity contribution in [3.05, 3.63) is 22.7 Å².